The predicted octanol–water partition coefficient (Wildman–Crippen LogP) is 2.96. The number of likely N-dealkylation sites (N-methyl/N-ethyl adjacent to an activating group) is 1. The summed E-state index contributed by atoms with van der Waals surface area (Å²) in [6.07, 6.45) is -1.67. The summed E-state index contributed by atoms with van der Waals surface area (Å²) in [5, 5.41) is 10.7. The molecule has 0 atom stereocenters. The number of halogens is 3. The summed E-state index contributed by atoms with van der Waals surface area (Å²) < 4.78 is 41.6. The number of hydrogen-bond acceptors (Lipinski definition) is 5. The summed E-state index contributed by atoms with van der Waals surface area (Å²) in [5.41, 5.74) is 8.35. The maximum absolute atomic E-state index is 13.9. The van der Waals surface area contributed by atoms with E-state index in [0.29, 0.717) is 41.3 Å². The average Bonchev–Trinajstić information content (AvgIpc) is 2.91. The van der Waals surface area contributed by atoms with Crippen LogP contribution in [0.4, 0.5) is 35.2 Å². The number of hydrogen-bond donors (Lipinski definition) is 4. The number of nitrogens with two attached hydrogens (primary N) is 2. The second-order valence-electron chi connectivity index (χ2n) is 9.67. The van der Waals surface area contributed by atoms with Crippen LogP contribution in [0.1, 0.15) is 33.4 Å². The lowest BCUT2D eigenvalue weighted by Gasteiger charge is -2.33. The molecule has 1 saturated heterocycles. The minimum absolute atomic E-state index is 0.0439. The van der Waals surface area contributed by atoms with Gasteiger partial charge in [-0.2, -0.15) is 13.2 Å². The van der Waals surface area contributed by atoms with Gasteiger partial charge in [0.1, 0.15) is 5.82 Å². The molecule has 2 aromatic carbocycles. The minimum atomic E-state index is -4.55. The summed E-state index contributed by atoms with van der Waals surface area (Å²) in [5.74, 6) is 6.34. The Morgan fingerprint density at radius 1 is 1.07 bits per heavy atom. The highest BCUT2D eigenvalue weighted by molar-refractivity contribution is 6.00. The smallest absolute Gasteiger partial charge is 0.383 e. The van der Waals surface area contributed by atoms with Crippen LogP contribution in [0.2, 0.25) is 0 Å². The normalized spacial score (nSPS) is 14.2. The lowest BCUT2D eigenvalue weighted by molar-refractivity contribution is -0.138. The SMILES string of the molecule is Cc1ccc(NC(=O)Nc2ccc(CN3CCN(C)CC3)c(C(F)(F)F)c2)cc1C#Cc1cnc(N)c(C=[NH2+])c1. The van der Waals surface area contributed by atoms with E-state index in [1.165, 1.54) is 24.5 Å². The number of pyridine rings is 1. The summed E-state index contributed by atoms with van der Waals surface area (Å²) in [7, 11) is 1.99. The fraction of sp³-hybridized carbons (Fsp3) is 0.276. The summed E-state index contributed by atoms with van der Waals surface area (Å²) in [4.78, 5) is 20.9. The number of carbonyl (C=O) groups is 1. The third kappa shape index (κ3) is 7.37. The Bertz CT molecular complexity index is 1470. The van der Waals surface area contributed by atoms with Gasteiger partial charge in [0.15, 0.2) is 6.21 Å². The molecule has 0 saturated carbocycles. The first-order valence-corrected chi connectivity index (χ1v) is 12.6. The summed E-state index contributed by atoms with van der Waals surface area (Å²) in [6.45, 7) is 5.07. The standard InChI is InChI=1S/C29H30F3N7O/c1-19-3-7-24(14-21(19)5-4-20-13-23(16-33)27(34)35-17-20)36-28(40)37-25-8-6-22(26(15-25)29(30,31)32)18-39-11-9-38(2)10-12-39/h3,6-8,13-17,33H,9-12,18H2,1-2H3,(H2,34,35)(H2,36,37,40)/p+1. The molecular formula is C29H31F3N7O+. The van der Waals surface area contributed by atoms with E-state index in [1.807, 2.05) is 18.9 Å². The van der Waals surface area contributed by atoms with Gasteiger partial charge in [-0.15, -0.1) is 0 Å². The first-order valence-electron chi connectivity index (χ1n) is 12.6. The minimum Gasteiger partial charge on any atom is -0.383 e. The van der Waals surface area contributed by atoms with Gasteiger partial charge < -0.3 is 21.3 Å². The number of aryl methyl sites for hydroxylation is 1. The van der Waals surface area contributed by atoms with Crippen LogP contribution >= 0.6 is 0 Å². The number of carbonyl (C=O) groups excluding carboxylic acids is 1. The average molecular weight is 551 g/mol. The van der Waals surface area contributed by atoms with Gasteiger partial charge in [-0.1, -0.05) is 24.0 Å². The number of aromatic nitrogens is 1. The molecule has 40 heavy (non-hydrogen) atoms. The zero-order valence-electron chi connectivity index (χ0n) is 22.3. The van der Waals surface area contributed by atoms with Gasteiger partial charge in [-0.3, -0.25) is 10.3 Å². The number of nitrogen functional groups attached to an aromatic ring is 1. The highest BCUT2D eigenvalue weighted by Crippen LogP contribution is 2.34. The van der Waals surface area contributed by atoms with Crippen molar-refractivity contribution in [3.05, 3.63) is 82.0 Å². The Hall–Kier alpha value is -4.40. The van der Waals surface area contributed by atoms with Crippen LogP contribution in [0.5, 0.6) is 0 Å². The highest BCUT2D eigenvalue weighted by Gasteiger charge is 2.34. The third-order valence-electron chi connectivity index (χ3n) is 6.63. The molecular weight excluding hydrogens is 519 g/mol. The molecule has 1 aromatic heterocycles. The molecule has 208 valence electrons. The van der Waals surface area contributed by atoms with Crippen molar-refractivity contribution in [1.29, 1.82) is 0 Å². The van der Waals surface area contributed by atoms with Crippen LogP contribution in [-0.4, -0.2) is 60.3 Å². The first-order chi connectivity index (χ1) is 19.0. The van der Waals surface area contributed by atoms with Crippen molar-refractivity contribution in [3.63, 3.8) is 0 Å². The molecule has 0 bridgehead atoms. The number of nitrogens with one attached hydrogen (secondary N) is 2. The monoisotopic (exact) mass is 550 g/mol. The Kier molecular flexibility index (Phi) is 8.72. The van der Waals surface area contributed by atoms with E-state index in [2.05, 4.69) is 32.4 Å². The summed E-state index contributed by atoms with van der Waals surface area (Å²) >= 11 is 0. The number of benzene rings is 2. The molecule has 1 fully saturated rings. The van der Waals surface area contributed by atoms with Crippen LogP contribution < -0.4 is 21.8 Å². The largest absolute Gasteiger partial charge is 0.416 e. The number of rotatable bonds is 5. The fourth-order valence-electron chi connectivity index (χ4n) is 4.26. The fourth-order valence-corrected chi connectivity index (χ4v) is 4.26. The van der Waals surface area contributed by atoms with Crippen molar-refractivity contribution >= 4 is 29.4 Å². The van der Waals surface area contributed by atoms with Crippen molar-refractivity contribution < 1.29 is 23.4 Å². The van der Waals surface area contributed by atoms with Gasteiger partial charge in [0.2, 0.25) is 0 Å². The Morgan fingerprint density at radius 3 is 2.42 bits per heavy atom. The quantitative estimate of drug-likeness (QED) is 0.288. The van der Waals surface area contributed by atoms with Crippen molar-refractivity contribution in [1.82, 2.24) is 14.8 Å². The van der Waals surface area contributed by atoms with Crippen molar-refractivity contribution in [2.45, 2.75) is 19.6 Å². The second-order valence-corrected chi connectivity index (χ2v) is 9.67. The maximum atomic E-state index is 13.9. The number of nitrogens with zero attached hydrogens (tertiary/aromatic N) is 3. The molecule has 2 heterocycles. The van der Waals surface area contributed by atoms with Gasteiger partial charge in [-0.05, 0) is 55.4 Å². The molecule has 1 aliphatic heterocycles. The molecule has 11 heteroatoms. The molecule has 8 nitrogen and oxygen atoms in total. The van der Waals surface area contributed by atoms with Crippen molar-refractivity contribution in [2.24, 2.45) is 0 Å². The zero-order chi connectivity index (χ0) is 28.9. The molecule has 0 spiro atoms. The lowest BCUT2D eigenvalue weighted by Crippen LogP contribution is -2.44. The van der Waals surface area contributed by atoms with E-state index in [9.17, 15) is 18.0 Å². The van der Waals surface area contributed by atoms with E-state index in [-0.39, 0.29) is 17.8 Å². The predicted molar refractivity (Wildman–Crippen MR) is 150 cm³/mol. The zero-order valence-corrected chi connectivity index (χ0v) is 22.3. The maximum Gasteiger partial charge on any atom is 0.416 e. The van der Waals surface area contributed by atoms with E-state index in [1.54, 1.807) is 24.3 Å². The molecule has 0 radical (unpaired) electrons. The second kappa shape index (κ2) is 12.2. The van der Waals surface area contributed by atoms with Crippen LogP contribution in [-0.2, 0) is 12.7 Å². The number of anilines is 3. The van der Waals surface area contributed by atoms with E-state index in [0.717, 1.165) is 24.7 Å². The molecule has 6 N–H and O–H groups in total. The van der Waals surface area contributed by atoms with Gasteiger partial charge in [-0.25, -0.2) is 9.78 Å². The molecule has 0 unspecified atom stereocenters. The van der Waals surface area contributed by atoms with Crippen LogP contribution in [0.3, 0.4) is 0 Å². The molecule has 0 aliphatic carbocycles. The molecule has 1 aliphatic rings. The van der Waals surface area contributed by atoms with Crippen molar-refractivity contribution in [2.75, 3.05) is 49.6 Å². The van der Waals surface area contributed by atoms with Gasteiger partial charge >= 0.3 is 12.2 Å². The van der Waals surface area contributed by atoms with E-state index < -0.39 is 17.8 Å². The highest BCUT2D eigenvalue weighted by atomic mass is 19.4. The van der Waals surface area contributed by atoms with Crippen LogP contribution in [0.25, 0.3) is 0 Å². The van der Waals surface area contributed by atoms with Crippen LogP contribution in [0.15, 0.2) is 48.7 Å². The van der Waals surface area contributed by atoms with Gasteiger partial charge in [0, 0.05) is 61.4 Å². The van der Waals surface area contributed by atoms with E-state index >= 15 is 0 Å². The van der Waals surface area contributed by atoms with E-state index in [4.69, 9.17) is 11.1 Å². The molecule has 4 rings (SSSR count). The number of piperazine rings is 1. The summed E-state index contributed by atoms with van der Waals surface area (Å²) in [6, 6.07) is 10.1. The number of urea groups is 1. The Balaban J connectivity index is 1.46. The lowest BCUT2D eigenvalue weighted by atomic mass is 10.0. The first kappa shape index (κ1) is 28.6. The molecule has 2 amide bonds. The van der Waals surface area contributed by atoms with Crippen molar-refractivity contribution in [3.8, 4) is 11.8 Å². The molecule has 3 aromatic rings. The van der Waals surface area contributed by atoms with Crippen LogP contribution in [0, 0.1) is 18.8 Å². The number of amides is 2. The Morgan fingerprint density at radius 2 is 1.75 bits per heavy atom. The Labute approximate surface area is 230 Å². The van der Waals surface area contributed by atoms with Gasteiger partial charge in [0.05, 0.1) is 11.1 Å². The third-order valence-corrected chi connectivity index (χ3v) is 6.63. The van der Waals surface area contributed by atoms with Gasteiger partial charge in [0.25, 0.3) is 0 Å². The number of alkyl halides is 3. The topological polar surface area (TPSA) is 112 Å².